The summed E-state index contributed by atoms with van der Waals surface area (Å²) in [6.45, 7) is 1.86. The number of aromatic nitrogens is 4. The van der Waals surface area contributed by atoms with Gasteiger partial charge in [-0.2, -0.15) is 5.10 Å². The maximum atomic E-state index is 12.0. The van der Waals surface area contributed by atoms with E-state index in [0.717, 1.165) is 30.7 Å². The van der Waals surface area contributed by atoms with Crippen LogP contribution in [0.2, 0.25) is 0 Å². The van der Waals surface area contributed by atoms with Crippen molar-refractivity contribution in [2.24, 2.45) is 0 Å². The number of aromatic amines is 1. The molecule has 109 valence electrons. The van der Waals surface area contributed by atoms with E-state index in [-0.39, 0.29) is 12.3 Å². The minimum atomic E-state index is -0.135. The van der Waals surface area contributed by atoms with Crippen molar-refractivity contribution in [2.45, 2.75) is 38.5 Å². The molecule has 1 radical (unpaired) electrons. The fourth-order valence-electron chi connectivity index (χ4n) is 2.51. The van der Waals surface area contributed by atoms with Crippen molar-refractivity contribution in [1.82, 2.24) is 20.2 Å². The van der Waals surface area contributed by atoms with Crippen LogP contribution in [-0.4, -0.2) is 26.1 Å². The molecular formula is C15H18N5O. The minimum Gasteiger partial charge on any atom is -0.309 e. The Morgan fingerprint density at radius 2 is 2.33 bits per heavy atom. The van der Waals surface area contributed by atoms with E-state index in [1.807, 2.05) is 13.0 Å². The number of anilines is 1. The van der Waals surface area contributed by atoms with Crippen LogP contribution >= 0.6 is 0 Å². The summed E-state index contributed by atoms with van der Waals surface area (Å²) in [6, 6.07) is 1.92. The zero-order valence-electron chi connectivity index (χ0n) is 12.0. The van der Waals surface area contributed by atoms with E-state index in [1.165, 1.54) is 0 Å². The van der Waals surface area contributed by atoms with Crippen molar-refractivity contribution in [1.29, 1.82) is 0 Å². The first-order valence-electron chi connectivity index (χ1n) is 7.15. The first kappa shape index (κ1) is 13.7. The van der Waals surface area contributed by atoms with Crippen LogP contribution in [0.1, 0.15) is 42.3 Å². The van der Waals surface area contributed by atoms with E-state index in [0.29, 0.717) is 17.4 Å². The maximum absolute atomic E-state index is 12.0. The number of hydrogen-bond donors (Lipinski definition) is 2. The fourth-order valence-corrected chi connectivity index (χ4v) is 2.51. The van der Waals surface area contributed by atoms with Crippen LogP contribution in [-0.2, 0) is 11.2 Å². The summed E-state index contributed by atoms with van der Waals surface area (Å²) in [4.78, 5) is 20.3. The molecule has 2 aromatic rings. The summed E-state index contributed by atoms with van der Waals surface area (Å²) in [5.41, 5.74) is 2.58. The predicted octanol–water partition coefficient (Wildman–Crippen LogP) is 2.16. The first-order valence-corrected chi connectivity index (χ1v) is 7.15. The zero-order valence-corrected chi connectivity index (χ0v) is 12.0. The lowest BCUT2D eigenvalue weighted by Gasteiger charge is -2.03. The molecular weight excluding hydrogens is 266 g/mol. The van der Waals surface area contributed by atoms with Gasteiger partial charge in [0.15, 0.2) is 5.82 Å². The number of amides is 1. The average Bonchev–Trinajstić information content (AvgIpc) is 3.12. The standard InChI is InChI=1S/C15H18N5O/c1-10-8-17-12(9-16-10)6-15(21)18-14-7-13(19-20-14)11-4-2-3-5-11/h2,7-9,11H,3-6H2,1H3,(H2,18,19,20,21)/t11-/m0/s1. The maximum Gasteiger partial charge on any atom is 0.231 e. The highest BCUT2D eigenvalue weighted by atomic mass is 16.1. The lowest BCUT2D eigenvalue weighted by Crippen LogP contribution is -2.15. The van der Waals surface area contributed by atoms with Gasteiger partial charge in [-0.25, -0.2) is 0 Å². The van der Waals surface area contributed by atoms with Gasteiger partial charge in [0.2, 0.25) is 5.91 Å². The average molecular weight is 284 g/mol. The van der Waals surface area contributed by atoms with Crippen molar-refractivity contribution in [3.63, 3.8) is 0 Å². The zero-order chi connectivity index (χ0) is 14.7. The van der Waals surface area contributed by atoms with Gasteiger partial charge in [-0.05, 0) is 32.6 Å². The second-order valence-electron chi connectivity index (χ2n) is 5.38. The smallest absolute Gasteiger partial charge is 0.231 e. The van der Waals surface area contributed by atoms with Gasteiger partial charge < -0.3 is 5.32 Å². The van der Waals surface area contributed by atoms with Gasteiger partial charge in [-0.15, -0.1) is 0 Å². The quantitative estimate of drug-likeness (QED) is 0.901. The molecule has 21 heavy (non-hydrogen) atoms. The summed E-state index contributed by atoms with van der Waals surface area (Å²) >= 11 is 0. The highest BCUT2D eigenvalue weighted by Gasteiger charge is 2.19. The normalized spacial score (nSPS) is 15.3. The van der Waals surface area contributed by atoms with Crippen molar-refractivity contribution in [3.05, 3.63) is 42.0 Å². The van der Waals surface area contributed by atoms with Gasteiger partial charge in [-0.3, -0.25) is 19.9 Å². The largest absolute Gasteiger partial charge is 0.309 e. The monoisotopic (exact) mass is 284 g/mol. The molecule has 0 aliphatic heterocycles. The van der Waals surface area contributed by atoms with Gasteiger partial charge in [-0.1, -0.05) is 0 Å². The Balaban J connectivity index is 1.58. The van der Waals surface area contributed by atoms with Gasteiger partial charge in [0.1, 0.15) is 0 Å². The second-order valence-corrected chi connectivity index (χ2v) is 5.38. The Hall–Kier alpha value is -2.24. The Morgan fingerprint density at radius 1 is 1.43 bits per heavy atom. The van der Waals surface area contributed by atoms with Gasteiger partial charge in [0.25, 0.3) is 0 Å². The number of nitrogens with zero attached hydrogens (tertiary/aromatic N) is 3. The molecule has 2 N–H and O–H groups in total. The molecule has 1 aliphatic rings. The Kier molecular flexibility index (Phi) is 3.94. The number of rotatable bonds is 4. The van der Waals surface area contributed by atoms with Crippen LogP contribution in [0.4, 0.5) is 5.82 Å². The minimum absolute atomic E-state index is 0.135. The van der Waals surface area contributed by atoms with Crippen molar-refractivity contribution in [2.75, 3.05) is 5.32 Å². The molecule has 1 aliphatic carbocycles. The molecule has 2 aromatic heterocycles. The van der Waals surface area contributed by atoms with Crippen LogP contribution in [0.25, 0.3) is 0 Å². The third-order valence-corrected chi connectivity index (χ3v) is 3.65. The summed E-state index contributed by atoms with van der Waals surface area (Å²) < 4.78 is 0. The summed E-state index contributed by atoms with van der Waals surface area (Å²) in [5, 5.41) is 9.95. The summed E-state index contributed by atoms with van der Waals surface area (Å²) in [6.07, 6.45) is 9.15. The molecule has 1 saturated carbocycles. The Labute approximate surface area is 123 Å². The van der Waals surface area contributed by atoms with E-state index in [4.69, 9.17) is 0 Å². The molecule has 0 aromatic carbocycles. The highest BCUT2D eigenvalue weighted by Crippen LogP contribution is 2.32. The highest BCUT2D eigenvalue weighted by molar-refractivity contribution is 5.91. The van der Waals surface area contributed by atoms with E-state index in [2.05, 4.69) is 31.9 Å². The Bertz CT molecular complexity index is 613. The number of H-pyrrole nitrogens is 1. The van der Waals surface area contributed by atoms with Gasteiger partial charge in [0, 0.05) is 30.1 Å². The van der Waals surface area contributed by atoms with Crippen LogP contribution in [0, 0.1) is 13.3 Å². The molecule has 0 bridgehead atoms. The number of nitrogens with one attached hydrogen (secondary N) is 2. The third kappa shape index (κ3) is 3.45. The lowest BCUT2D eigenvalue weighted by atomic mass is 10.0. The van der Waals surface area contributed by atoms with Crippen LogP contribution in [0.3, 0.4) is 0 Å². The van der Waals surface area contributed by atoms with E-state index >= 15 is 0 Å². The van der Waals surface area contributed by atoms with E-state index in [9.17, 15) is 4.79 Å². The molecule has 1 atom stereocenters. The molecule has 6 nitrogen and oxygen atoms in total. The number of carbonyl (C=O) groups is 1. The van der Waals surface area contributed by atoms with Crippen molar-refractivity contribution < 1.29 is 4.79 Å². The molecule has 0 saturated heterocycles. The molecule has 2 heterocycles. The van der Waals surface area contributed by atoms with Crippen LogP contribution < -0.4 is 5.32 Å². The lowest BCUT2D eigenvalue weighted by molar-refractivity contribution is -0.115. The first-order chi connectivity index (χ1) is 10.2. The molecule has 1 fully saturated rings. The van der Waals surface area contributed by atoms with E-state index in [1.54, 1.807) is 12.4 Å². The molecule has 3 rings (SSSR count). The van der Waals surface area contributed by atoms with Crippen molar-refractivity contribution >= 4 is 11.7 Å². The number of carbonyl (C=O) groups excluding carboxylic acids is 1. The van der Waals surface area contributed by atoms with Gasteiger partial charge >= 0.3 is 0 Å². The third-order valence-electron chi connectivity index (χ3n) is 3.65. The van der Waals surface area contributed by atoms with Crippen LogP contribution in [0.5, 0.6) is 0 Å². The van der Waals surface area contributed by atoms with Crippen molar-refractivity contribution in [3.8, 4) is 0 Å². The molecule has 1 amide bonds. The number of aryl methyl sites for hydroxylation is 1. The van der Waals surface area contributed by atoms with E-state index < -0.39 is 0 Å². The fraction of sp³-hybridized carbons (Fsp3) is 0.400. The molecule has 0 unspecified atom stereocenters. The van der Waals surface area contributed by atoms with Crippen LogP contribution in [0.15, 0.2) is 18.5 Å². The molecule has 0 spiro atoms. The molecule has 6 heteroatoms. The SMILES string of the molecule is Cc1cnc(CC(=O)Nc2cc([C@H]3C[CH]CC3)[nH]n2)cn1. The Morgan fingerprint density at radius 3 is 3.05 bits per heavy atom. The number of hydrogen-bond acceptors (Lipinski definition) is 4. The predicted molar refractivity (Wildman–Crippen MR) is 78.6 cm³/mol. The second kappa shape index (κ2) is 6.03. The summed E-state index contributed by atoms with van der Waals surface area (Å²) in [7, 11) is 0. The van der Waals surface area contributed by atoms with Gasteiger partial charge in [0.05, 0.1) is 17.8 Å². The topological polar surface area (TPSA) is 83.6 Å². The summed E-state index contributed by atoms with van der Waals surface area (Å²) in [5.74, 6) is 0.942.